The summed E-state index contributed by atoms with van der Waals surface area (Å²) in [6.45, 7) is 6.92. The van der Waals surface area contributed by atoms with Gasteiger partial charge in [0.05, 0.1) is 81.2 Å². The van der Waals surface area contributed by atoms with E-state index in [-0.39, 0.29) is 55.0 Å². The molecule has 7 rings (SSSR count). The molecule has 0 radical (unpaired) electrons. The van der Waals surface area contributed by atoms with Crippen LogP contribution in [-0.2, 0) is 46.1 Å². The number of fused-ring (bicyclic) bond motifs is 1. The number of anilines is 1. The fourth-order valence-corrected chi connectivity index (χ4v) is 8.27. The topological polar surface area (TPSA) is 195 Å². The van der Waals surface area contributed by atoms with E-state index in [0.717, 1.165) is 16.5 Å². The summed E-state index contributed by atoms with van der Waals surface area (Å²) in [7, 11) is 0. The van der Waals surface area contributed by atoms with Gasteiger partial charge in [-0.2, -0.15) is 18.4 Å². The molecule has 2 unspecified atom stereocenters. The molecule has 2 saturated heterocycles. The number of benzene rings is 4. The van der Waals surface area contributed by atoms with Gasteiger partial charge in [-0.1, -0.05) is 44.2 Å². The Balaban J connectivity index is 0.724. The Morgan fingerprint density at radius 2 is 1.43 bits per heavy atom. The Morgan fingerprint density at radius 3 is 2.07 bits per heavy atom. The van der Waals surface area contributed by atoms with Crippen molar-refractivity contribution < 1.29 is 70.0 Å². The van der Waals surface area contributed by atoms with Crippen LogP contribution in [0.15, 0.2) is 78.9 Å². The number of carbonyl (C=O) groups excluding carboxylic acids is 5. The van der Waals surface area contributed by atoms with E-state index in [1.165, 1.54) is 29.2 Å². The highest BCUT2D eigenvalue weighted by Gasteiger charge is 2.49. The molecule has 0 aliphatic carbocycles. The molecule has 70 heavy (non-hydrogen) atoms. The van der Waals surface area contributed by atoms with Gasteiger partial charge in [0.15, 0.2) is 6.10 Å². The number of nitrogens with one attached hydrogen (secondary N) is 2. The van der Waals surface area contributed by atoms with Crippen molar-refractivity contribution in [3.05, 3.63) is 112 Å². The van der Waals surface area contributed by atoms with Crippen LogP contribution in [0.5, 0.6) is 11.5 Å². The third-order valence-corrected chi connectivity index (χ3v) is 11.8. The van der Waals surface area contributed by atoms with Crippen molar-refractivity contribution in [2.45, 2.75) is 51.6 Å². The van der Waals surface area contributed by atoms with E-state index in [0.29, 0.717) is 82.5 Å². The first kappa shape index (κ1) is 50.9. The van der Waals surface area contributed by atoms with Gasteiger partial charge >= 0.3 is 6.18 Å². The largest absolute Gasteiger partial charge is 0.491 e. The van der Waals surface area contributed by atoms with Crippen molar-refractivity contribution in [1.29, 1.82) is 5.26 Å². The number of ether oxygens (including phenoxy) is 6. The number of halogens is 4. The molecule has 370 valence electrons. The molecule has 3 heterocycles. The Labute approximate surface area is 400 Å². The lowest BCUT2D eigenvalue weighted by atomic mass is 9.89. The molecule has 0 aromatic heterocycles. The van der Waals surface area contributed by atoms with Crippen LogP contribution < -0.4 is 20.1 Å². The van der Waals surface area contributed by atoms with E-state index in [4.69, 9.17) is 33.7 Å². The quantitative estimate of drug-likeness (QED) is 0.0488. The molecule has 4 aromatic rings. The zero-order chi connectivity index (χ0) is 50.0. The van der Waals surface area contributed by atoms with E-state index in [2.05, 4.69) is 10.6 Å². The number of hydrogen-bond acceptors (Lipinski definition) is 13. The maximum absolute atomic E-state index is 15.4. The molecule has 5 amide bonds. The van der Waals surface area contributed by atoms with Gasteiger partial charge in [-0.25, -0.2) is 4.39 Å². The highest BCUT2D eigenvalue weighted by molar-refractivity contribution is 6.25. The highest BCUT2D eigenvalue weighted by atomic mass is 19.4. The number of hydrogen-bond donors (Lipinski definition) is 2. The average Bonchev–Trinajstić information content (AvgIpc) is 3.71. The smallest absolute Gasteiger partial charge is 0.417 e. The van der Waals surface area contributed by atoms with E-state index in [9.17, 15) is 37.1 Å². The SMILES string of the molecule is CC1(C)CN(Cc2ccc(-c3ccc(OCCOCCOCCOCCOCCNc4cccc5c4C(=O)N(C4CCC(=O)NC4=O)C5=O)cc3)cc2F)C(=O)C1Oc1ccc(C#N)c(C(F)(F)F)c1. The van der Waals surface area contributed by atoms with Crippen molar-refractivity contribution >= 4 is 35.2 Å². The number of nitrogens with zero attached hydrogens (tertiary/aromatic N) is 3. The van der Waals surface area contributed by atoms with Gasteiger partial charge in [0.1, 0.15) is 30.0 Å². The summed E-state index contributed by atoms with van der Waals surface area (Å²) in [5.74, 6) is -2.90. The normalized spacial score (nSPS) is 17.7. The van der Waals surface area contributed by atoms with Gasteiger partial charge in [0.25, 0.3) is 17.7 Å². The molecule has 2 N–H and O–H groups in total. The highest BCUT2D eigenvalue weighted by Crippen LogP contribution is 2.39. The van der Waals surface area contributed by atoms with Crippen LogP contribution in [0.25, 0.3) is 11.1 Å². The molecule has 0 spiro atoms. The first-order valence-corrected chi connectivity index (χ1v) is 22.5. The Kier molecular flexibility index (Phi) is 16.5. The standard InChI is InChI=1S/C50H51F4N5O11/c1-49(2)30-58(48(64)44(49)70-36-13-10-33(28-55)38(27-36)50(52,53)54)29-34-7-6-32(26-39(34)51)31-8-11-35(12-9-31)69-25-24-68-23-22-67-21-20-66-19-18-65-17-16-56-40-5-3-4-37-43(40)47(63)59(46(37)62)41-14-15-42(60)57-45(41)61/h3-13,26-27,41,44,56H,14-25,29-30H2,1-2H3,(H,57,60,61). The molecule has 2 fully saturated rings. The van der Waals surface area contributed by atoms with Crippen LogP contribution in [0.2, 0.25) is 0 Å². The van der Waals surface area contributed by atoms with Crippen LogP contribution in [0.1, 0.15) is 64.1 Å². The van der Waals surface area contributed by atoms with Crippen molar-refractivity contribution in [3.63, 3.8) is 0 Å². The molecule has 0 saturated carbocycles. The minimum absolute atomic E-state index is 0.0418. The molecule has 3 aliphatic heterocycles. The second-order valence-electron chi connectivity index (χ2n) is 17.2. The third-order valence-electron chi connectivity index (χ3n) is 11.8. The monoisotopic (exact) mass is 973 g/mol. The van der Waals surface area contributed by atoms with Gasteiger partial charge in [0.2, 0.25) is 11.8 Å². The number of likely N-dealkylation sites (tertiary alicyclic amines) is 1. The van der Waals surface area contributed by atoms with Gasteiger partial charge in [-0.15, -0.1) is 0 Å². The fourth-order valence-electron chi connectivity index (χ4n) is 8.27. The first-order chi connectivity index (χ1) is 33.5. The van der Waals surface area contributed by atoms with Gasteiger partial charge in [0, 0.05) is 42.7 Å². The minimum atomic E-state index is -4.79. The van der Waals surface area contributed by atoms with Crippen molar-refractivity contribution in [1.82, 2.24) is 15.1 Å². The number of nitriles is 1. The molecule has 20 heteroatoms. The summed E-state index contributed by atoms with van der Waals surface area (Å²) in [4.78, 5) is 65.9. The van der Waals surface area contributed by atoms with Crippen molar-refractivity contribution in [3.8, 4) is 28.7 Å². The third kappa shape index (κ3) is 12.3. The van der Waals surface area contributed by atoms with Crippen molar-refractivity contribution in [2.24, 2.45) is 5.41 Å². The van der Waals surface area contributed by atoms with Gasteiger partial charge in [-0.3, -0.25) is 34.2 Å². The van der Waals surface area contributed by atoms with Crippen molar-refractivity contribution in [2.75, 3.05) is 77.9 Å². The molecular weight excluding hydrogens is 923 g/mol. The molecule has 4 aromatic carbocycles. The Hall–Kier alpha value is -6.92. The lowest BCUT2D eigenvalue weighted by Gasteiger charge is -2.27. The van der Waals surface area contributed by atoms with Crippen LogP contribution in [0, 0.1) is 22.6 Å². The van der Waals surface area contributed by atoms with Crippen LogP contribution in [0.3, 0.4) is 0 Å². The lowest BCUT2D eigenvalue weighted by Crippen LogP contribution is -2.54. The zero-order valence-corrected chi connectivity index (χ0v) is 38.4. The number of rotatable bonds is 23. The van der Waals surface area contributed by atoms with E-state index in [1.54, 1.807) is 62.4 Å². The summed E-state index contributed by atoms with van der Waals surface area (Å²) in [5, 5.41) is 14.4. The molecule has 2 atom stereocenters. The Morgan fingerprint density at radius 1 is 0.786 bits per heavy atom. The summed E-state index contributed by atoms with van der Waals surface area (Å²) >= 11 is 0. The zero-order valence-electron chi connectivity index (χ0n) is 38.4. The molecule has 16 nitrogen and oxygen atoms in total. The summed E-state index contributed by atoms with van der Waals surface area (Å²) in [5.41, 5.74) is -0.117. The summed E-state index contributed by atoms with van der Waals surface area (Å²) in [6, 6.07) is 20.1. The summed E-state index contributed by atoms with van der Waals surface area (Å²) in [6.07, 6.45) is -5.80. The lowest BCUT2D eigenvalue weighted by molar-refractivity contribution is -0.138. The predicted molar refractivity (Wildman–Crippen MR) is 242 cm³/mol. The van der Waals surface area contributed by atoms with Crippen LogP contribution in [-0.4, -0.2) is 124 Å². The predicted octanol–water partition coefficient (Wildman–Crippen LogP) is 6.16. The number of amides is 5. The Bertz CT molecular complexity index is 2620. The second-order valence-corrected chi connectivity index (χ2v) is 17.2. The second kappa shape index (κ2) is 22.7. The molecular formula is C50H51F4N5O11. The van der Waals surface area contributed by atoms with E-state index >= 15 is 4.39 Å². The number of imide groups is 2. The van der Waals surface area contributed by atoms with E-state index < -0.39 is 70.2 Å². The van der Waals surface area contributed by atoms with Crippen LogP contribution in [0.4, 0.5) is 23.2 Å². The number of alkyl halides is 3. The number of carbonyl (C=O) groups is 5. The van der Waals surface area contributed by atoms with Gasteiger partial charge in [-0.05, 0) is 66.1 Å². The first-order valence-electron chi connectivity index (χ1n) is 22.5. The fraction of sp³-hybridized carbons (Fsp3) is 0.400. The maximum atomic E-state index is 15.4. The average molecular weight is 974 g/mol. The molecule has 3 aliphatic rings. The number of piperidine rings is 1. The van der Waals surface area contributed by atoms with Gasteiger partial charge < -0.3 is 38.6 Å². The summed E-state index contributed by atoms with van der Waals surface area (Å²) < 4.78 is 89.9. The minimum Gasteiger partial charge on any atom is -0.491 e. The maximum Gasteiger partial charge on any atom is 0.417 e. The van der Waals surface area contributed by atoms with Crippen LogP contribution >= 0.6 is 0 Å². The molecule has 0 bridgehead atoms. The van der Waals surface area contributed by atoms with E-state index in [1.807, 2.05) is 0 Å².